The molecule has 2 rings (SSSR count). The minimum Gasteiger partial charge on any atom is -0.335 e. The zero-order chi connectivity index (χ0) is 10.9. The molecule has 0 aliphatic carbocycles. The Hall–Kier alpha value is -0.940. The number of hydrogen-bond donors (Lipinski definition) is 1. The lowest BCUT2D eigenvalue weighted by molar-refractivity contribution is 0.0657. The average molecular weight is 225 g/mol. The minimum atomic E-state index is 0.0125. The fourth-order valence-corrected chi connectivity index (χ4v) is 2.38. The van der Waals surface area contributed by atoms with Crippen molar-refractivity contribution >= 4 is 17.2 Å². The summed E-state index contributed by atoms with van der Waals surface area (Å²) in [6, 6.07) is 0. The Bertz CT molecular complexity index is 348. The van der Waals surface area contributed by atoms with Crippen molar-refractivity contribution in [2.45, 2.75) is 19.4 Å². The van der Waals surface area contributed by atoms with Gasteiger partial charge in [-0.1, -0.05) is 0 Å². The van der Waals surface area contributed by atoms with E-state index in [2.05, 4.69) is 24.1 Å². The van der Waals surface area contributed by atoms with Crippen LogP contribution in [0.5, 0.6) is 0 Å². The van der Waals surface area contributed by atoms with E-state index in [4.69, 9.17) is 0 Å². The second-order valence-corrected chi connectivity index (χ2v) is 5.29. The van der Waals surface area contributed by atoms with Gasteiger partial charge in [0.25, 0.3) is 5.91 Å². The van der Waals surface area contributed by atoms with E-state index >= 15 is 0 Å². The van der Waals surface area contributed by atoms with Crippen molar-refractivity contribution < 1.29 is 4.79 Å². The van der Waals surface area contributed by atoms with Gasteiger partial charge >= 0.3 is 0 Å². The predicted octanol–water partition coefficient (Wildman–Crippen LogP) is 0.967. The summed E-state index contributed by atoms with van der Waals surface area (Å²) in [5.74, 6) is 0.104. The third-order valence-corrected chi connectivity index (χ3v) is 3.26. The van der Waals surface area contributed by atoms with Crippen LogP contribution >= 0.6 is 11.3 Å². The van der Waals surface area contributed by atoms with Crippen LogP contribution in [-0.2, 0) is 0 Å². The number of carbonyl (C=O) groups excluding carboxylic acids is 1. The number of carbonyl (C=O) groups is 1. The number of hydrogen-bond acceptors (Lipinski definition) is 4. The number of aromatic nitrogens is 1. The largest absolute Gasteiger partial charge is 0.335 e. The van der Waals surface area contributed by atoms with E-state index in [0.29, 0.717) is 0 Å². The van der Waals surface area contributed by atoms with Gasteiger partial charge < -0.3 is 10.2 Å². The predicted molar refractivity (Wildman–Crippen MR) is 60.1 cm³/mol. The summed E-state index contributed by atoms with van der Waals surface area (Å²) in [5, 5.41) is 3.38. The molecule has 82 valence electrons. The van der Waals surface area contributed by atoms with Crippen LogP contribution in [0.15, 0.2) is 11.7 Å². The summed E-state index contributed by atoms with van der Waals surface area (Å²) in [6.07, 6.45) is 1.64. The quantitative estimate of drug-likeness (QED) is 0.774. The maximum absolute atomic E-state index is 12.0. The molecule has 0 bridgehead atoms. The molecule has 1 amide bonds. The molecule has 0 aromatic carbocycles. The van der Waals surface area contributed by atoms with E-state index in [1.54, 1.807) is 11.7 Å². The Kier molecular flexibility index (Phi) is 2.75. The van der Waals surface area contributed by atoms with E-state index in [-0.39, 0.29) is 11.4 Å². The molecule has 1 aromatic rings. The monoisotopic (exact) mass is 225 g/mol. The third-order valence-electron chi connectivity index (χ3n) is 2.50. The number of nitrogens with one attached hydrogen (secondary N) is 1. The summed E-state index contributed by atoms with van der Waals surface area (Å²) in [7, 11) is 0. The van der Waals surface area contributed by atoms with E-state index in [1.165, 1.54) is 11.3 Å². The molecule has 1 aliphatic rings. The molecular weight excluding hydrogens is 210 g/mol. The maximum Gasteiger partial charge on any atom is 0.265 e. The van der Waals surface area contributed by atoms with Gasteiger partial charge in [-0.25, -0.2) is 0 Å². The van der Waals surface area contributed by atoms with Gasteiger partial charge in [-0.2, -0.15) is 0 Å². The molecule has 5 heteroatoms. The molecule has 0 unspecified atom stereocenters. The van der Waals surface area contributed by atoms with Crippen LogP contribution < -0.4 is 5.32 Å². The van der Waals surface area contributed by atoms with Gasteiger partial charge in [-0.05, 0) is 13.8 Å². The van der Waals surface area contributed by atoms with Crippen LogP contribution in [0.4, 0.5) is 0 Å². The lowest BCUT2D eigenvalue weighted by Crippen LogP contribution is -2.58. The van der Waals surface area contributed by atoms with Crippen LogP contribution in [0.25, 0.3) is 0 Å². The second kappa shape index (κ2) is 3.90. The average Bonchev–Trinajstić information content (AvgIpc) is 2.67. The zero-order valence-electron chi connectivity index (χ0n) is 8.99. The van der Waals surface area contributed by atoms with Crippen molar-refractivity contribution in [2.75, 3.05) is 19.6 Å². The highest BCUT2D eigenvalue weighted by Crippen LogP contribution is 2.15. The van der Waals surface area contributed by atoms with E-state index < -0.39 is 0 Å². The van der Waals surface area contributed by atoms with Gasteiger partial charge in [-0.3, -0.25) is 9.78 Å². The minimum absolute atomic E-state index is 0.0125. The van der Waals surface area contributed by atoms with Crippen LogP contribution in [0, 0.1) is 0 Å². The van der Waals surface area contributed by atoms with Crippen molar-refractivity contribution in [3.8, 4) is 0 Å². The second-order valence-electron chi connectivity index (χ2n) is 4.40. The molecule has 0 spiro atoms. The Morgan fingerprint density at radius 3 is 3.07 bits per heavy atom. The van der Waals surface area contributed by atoms with Gasteiger partial charge in [0.05, 0.1) is 11.7 Å². The maximum atomic E-state index is 12.0. The van der Waals surface area contributed by atoms with E-state index in [0.717, 1.165) is 24.5 Å². The molecule has 1 saturated heterocycles. The summed E-state index contributed by atoms with van der Waals surface area (Å²) in [5.41, 5.74) is 1.71. The smallest absolute Gasteiger partial charge is 0.265 e. The van der Waals surface area contributed by atoms with Gasteiger partial charge in [0.15, 0.2) is 0 Å². The van der Waals surface area contributed by atoms with Crippen LogP contribution in [-0.4, -0.2) is 41.0 Å². The van der Waals surface area contributed by atoms with Crippen molar-refractivity contribution in [2.24, 2.45) is 0 Å². The number of piperazine rings is 1. The molecule has 0 radical (unpaired) electrons. The molecule has 2 heterocycles. The molecular formula is C10H15N3OS. The first-order valence-corrected chi connectivity index (χ1v) is 5.89. The number of amides is 1. The van der Waals surface area contributed by atoms with Crippen LogP contribution in [0.1, 0.15) is 23.5 Å². The Morgan fingerprint density at radius 2 is 2.47 bits per heavy atom. The zero-order valence-corrected chi connectivity index (χ0v) is 9.80. The fraction of sp³-hybridized carbons (Fsp3) is 0.600. The summed E-state index contributed by atoms with van der Waals surface area (Å²) < 4.78 is 0. The molecule has 1 aromatic heterocycles. The summed E-state index contributed by atoms with van der Waals surface area (Å²) in [6.45, 7) is 6.61. The Morgan fingerprint density at radius 1 is 1.67 bits per heavy atom. The van der Waals surface area contributed by atoms with Crippen LogP contribution in [0.3, 0.4) is 0 Å². The number of rotatable bonds is 1. The van der Waals surface area contributed by atoms with Gasteiger partial charge in [-0.15, -0.1) is 11.3 Å². The molecule has 1 fully saturated rings. The SMILES string of the molecule is CC1(C)CN(C(=O)c2cncs2)CCN1. The third kappa shape index (κ3) is 2.35. The first kappa shape index (κ1) is 10.6. The molecule has 0 atom stereocenters. The van der Waals surface area contributed by atoms with E-state index in [1.807, 2.05) is 4.90 Å². The Labute approximate surface area is 93.3 Å². The first-order chi connectivity index (χ1) is 7.08. The topological polar surface area (TPSA) is 45.2 Å². The lowest BCUT2D eigenvalue weighted by atomic mass is 10.0. The van der Waals surface area contributed by atoms with Crippen molar-refractivity contribution in [1.82, 2.24) is 15.2 Å². The Balaban J connectivity index is 2.08. The van der Waals surface area contributed by atoms with Gasteiger partial charge in [0.2, 0.25) is 0 Å². The molecule has 15 heavy (non-hydrogen) atoms. The molecule has 1 N–H and O–H groups in total. The number of thiazole rings is 1. The number of nitrogens with zero attached hydrogens (tertiary/aromatic N) is 2. The summed E-state index contributed by atoms with van der Waals surface area (Å²) >= 11 is 1.40. The molecule has 4 nitrogen and oxygen atoms in total. The molecule has 1 aliphatic heterocycles. The van der Waals surface area contributed by atoms with Crippen LogP contribution in [0.2, 0.25) is 0 Å². The van der Waals surface area contributed by atoms with Crippen molar-refractivity contribution in [3.63, 3.8) is 0 Å². The lowest BCUT2D eigenvalue weighted by Gasteiger charge is -2.38. The normalized spacial score (nSPS) is 20.3. The highest BCUT2D eigenvalue weighted by molar-refractivity contribution is 7.11. The molecule has 0 saturated carbocycles. The highest BCUT2D eigenvalue weighted by Gasteiger charge is 2.29. The fourth-order valence-electron chi connectivity index (χ4n) is 1.79. The highest BCUT2D eigenvalue weighted by atomic mass is 32.1. The first-order valence-electron chi connectivity index (χ1n) is 5.01. The van der Waals surface area contributed by atoms with Gasteiger partial charge in [0, 0.05) is 25.2 Å². The standard InChI is InChI=1S/C10H15N3OS/c1-10(2)6-13(4-3-12-10)9(14)8-5-11-7-15-8/h5,7,12H,3-4,6H2,1-2H3. The summed E-state index contributed by atoms with van der Waals surface area (Å²) in [4.78, 5) is 18.6. The van der Waals surface area contributed by atoms with Gasteiger partial charge in [0.1, 0.15) is 4.88 Å². The van der Waals surface area contributed by atoms with E-state index in [9.17, 15) is 4.79 Å². The van der Waals surface area contributed by atoms with Crippen molar-refractivity contribution in [3.05, 3.63) is 16.6 Å². The van der Waals surface area contributed by atoms with Crippen molar-refractivity contribution in [1.29, 1.82) is 0 Å².